The Morgan fingerprint density at radius 2 is 2.00 bits per heavy atom. The van der Waals surface area contributed by atoms with Crippen LogP contribution in [0.25, 0.3) is 10.9 Å². The molecule has 8 heteroatoms. The maximum atomic E-state index is 13.3. The number of aliphatic imine (C=N–C) groups is 1. The molecule has 0 unspecified atom stereocenters. The van der Waals surface area contributed by atoms with E-state index in [2.05, 4.69) is 21.1 Å². The molecule has 2 aromatic rings. The molecule has 0 amide bonds. The van der Waals surface area contributed by atoms with Crippen molar-refractivity contribution in [3.8, 4) is 6.07 Å². The fourth-order valence-electron chi connectivity index (χ4n) is 2.94. The Morgan fingerprint density at radius 1 is 1.28 bits per heavy atom. The number of aromatic nitrogens is 2. The van der Waals surface area contributed by atoms with E-state index in [1.807, 2.05) is 0 Å². The molecule has 1 atom stereocenters. The molecule has 126 valence electrons. The molecular weight excluding hydrogens is 331 g/mol. The zero-order chi connectivity index (χ0) is 18.4. The van der Waals surface area contributed by atoms with Gasteiger partial charge >= 0.3 is 6.18 Å². The monoisotopic (exact) mass is 343 g/mol. The lowest BCUT2D eigenvalue weighted by atomic mass is 9.80. The lowest BCUT2D eigenvalue weighted by Gasteiger charge is -2.25. The second-order valence-electron chi connectivity index (χ2n) is 5.67. The van der Waals surface area contributed by atoms with Crippen LogP contribution >= 0.6 is 0 Å². The number of H-pyrrole nitrogens is 1. The number of halogens is 3. The molecule has 3 rings (SSSR count). The van der Waals surface area contributed by atoms with Gasteiger partial charge in [0.2, 0.25) is 0 Å². The van der Waals surface area contributed by atoms with Crippen LogP contribution in [-0.4, -0.2) is 28.0 Å². The van der Waals surface area contributed by atoms with Gasteiger partial charge in [0.15, 0.2) is 5.70 Å². The average Bonchev–Trinajstić information content (AvgIpc) is 2.93. The minimum Gasteiger partial charge on any atom is -0.282 e. The molecule has 1 aliphatic heterocycles. The van der Waals surface area contributed by atoms with Crippen molar-refractivity contribution in [2.45, 2.75) is 25.9 Å². The number of hydrogen-bond donors (Lipinski definition) is 2. The van der Waals surface area contributed by atoms with Gasteiger partial charge in [0.1, 0.15) is 0 Å². The topological polar surface area (TPSA) is 88.7 Å². The van der Waals surface area contributed by atoms with Crippen molar-refractivity contribution in [3.63, 3.8) is 0 Å². The summed E-state index contributed by atoms with van der Waals surface area (Å²) in [5.41, 5.74) is 0.298. The average molecular weight is 343 g/mol. The van der Waals surface area contributed by atoms with E-state index < -0.39 is 23.4 Å². The first-order valence-corrected chi connectivity index (χ1v) is 7.29. The van der Waals surface area contributed by atoms with Crippen LogP contribution < -0.4 is 0 Å². The van der Waals surface area contributed by atoms with Crippen molar-refractivity contribution in [3.05, 3.63) is 46.3 Å². The first-order chi connectivity index (χ1) is 11.8. The highest BCUT2D eigenvalue weighted by atomic mass is 19.4. The highest BCUT2D eigenvalue weighted by molar-refractivity contribution is 6.08. The van der Waals surface area contributed by atoms with Gasteiger partial charge in [-0.1, -0.05) is 6.07 Å². The number of nitrogens with one attached hydrogen (secondary N) is 2. The van der Waals surface area contributed by atoms with E-state index in [9.17, 15) is 18.4 Å². The number of benzene rings is 1. The lowest BCUT2D eigenvalue weighted by molar-refractivity contribution is -0.0932. The second kappa shape index (κ2) is 5.72. The normalized spacial score (nSPS) is 18.2. The molecule has 0 saturated carbocycles. The molecule has 0 radical (unpaired) electrons. The Kier molecular flexibility index (Phi) is 3.82. The van der Waals surface area contributed by atoms with Gasteiger partial charge < -0.3 is 0 Å². The molecule has 0 fully saturated rings. The maximum Gasteiger partial charge on any atom is 0.434 e. The summed E-state index contributed by atoms with van der Waals surface area (Å²) in [5.74, 6) is 1.11. The van der Waals surface area contributed by atoms with Crippen LogP contribution in [0, 0.1) is 23.7 Å². The Bertz CT molecular complexity index is 1030. The number of rotatable bonds is 1. The first kappa shape index (κ1) is 16.7. The summed E-state index contributed by atoms with van der Waals surface area (Å²) in [4.78, 5) is 3.51. The molecule has 0 saturated heterocycles. The largest absolute Gasteiger partial charge is 0.434 e. The summed E-state index contributed by atoms with van der Waals surface area (Å²) < 4.78 is 40.0. The molecule has 25 heavy (non-hydrogen) atoms. The molecule has 5 nitrogen and oxygen atoms in total. The van der Waals surface area contributed by atoms with E-state index in [4.69, 9.17) is 5.41 Å². The molecule has 0 bridgehead atoms. The fraction of sp³-hybridized carbons (Fsp3) is 0.235. The highest BCUT2D eigenvalue weighted by Gasteiger charge is 2.43. The van der Waals surface area contributed by atoms with Crippen molar-refractivity contribution < 1.29 is 13.2 Å². The van der Waals surface area contributed by atoms with Gasteiger partial charge in [0, 0.05) is 16.7 Å². The molecule has 1 aliphatic rings. The van der Waals surface area contributed by atoms with Gasteiger partial charge in [-0.25, -0.2) is 4.99 Å². The number of alkyl halides is 3. The molecule has 2 heterocycles. The summed E-state index contributed by atoms with van der Waals surface area (Å²) in [6, 6.07) is 6.59. The van der Waals surface area contributed by atoms with Crippen LogP contribution in [0.2, 0.25) is 0 Å². The molecule has 0 spiro atoms. The standard InChI is InChI=1S/C17H12F3N5/c1-8-12(6-21)15(13(7-22)16(23-8)17(18,19)20)10-3-4-14-11(5-10)9(2)24-25-14/h3-5,15,21H,1-2H3,(H,24,25)/t15-/m0/s1. The van der Waals surface area contributed by atoms with Gasteiger partial charge in [-0.3, -0.25) is 10.5 Å². The van der Waals surface area contributed by atoms with Gasteiger partial charge in [-0.05, 0) is 37.4 Å². The molecule has 2 N–H and O–H groups in total. The SMILES string of the molecule is CC1=NC(C(F)(F)F)=C(C#N)[C@@H](c2ccc3n[nH]c(C)c3c2)C1=C=N. The predicted molar refractivity (Wildman–Crippen MR) is 86.6 cm³/mol. The van der Waals surface area contributed by atoms with Gasteiger partial charge in [-0.2, -0.15) is 23.5 Å². The summed E-state index contributed by atoms with van der Waals surface area (Å²) in [6.45, 7) is 3.17. The molecular formula is C17H12F3N5. The van der Waals surface area contributed by atoms with E-state index in [1.165, 1.54) is 6.92 Å². The van der Waals surface area contributed by atoms with Crippen molar-refractivity contribution in [1.82, 2.24) is 10.2 Å². The zero-order valence-corrected chi connectivity index (χ0v) is 13.3. The quantitative estimate of drug-likeness (QED) is 0.768. The Morgan fingerprint density at radius 3 is 2.60 bits per heavy atom. The van der Waals surface area contributed by atoms with Gasteiger partial charge in [0.25, 0.3) is 0 Å². The second-order valence-corrected chi connectivity index (χ2v) is 5.67. The number of aryl methyl sites for hydroxylation is 1. The Balaban J connectivity index is 2.31. The van der Waals surface area contributed by atoms with Crippen LogP contribution in [0.3, 0.4) is 0 Å². The minimum absolute atomic E-state index is 0.0235. The molecule has 0 aliphatic carbocycles. The van der Waals surface area contributed by atoms with E-state index in [0.29, 0.717) is 11.1 Å². The van der Waals surface area contributed by atoms with Crippen LogP contribution in [-0.2, 0) is 0 Å². The highest BCUT2D eigenvalue weighted by Crippen LogP contribution is 2.42. The van der Waals surface area contributed by atoms with Gasteiger partial charge in [-0.15, -0.1) is 0 Å². The number of nitrogens with zero attached hydrogens (tertiary/aromatic N) is 3. The number of allylic oxidation sites excluding steroid dienone is 3. The fourth-order valence-corrected chi connectivity index (χ4v) is 2.94. The van der Waals surface area contributed by atoms with Crippen molar-refractivity contribution in [1.29, 1.82) is 10.7 Å². The summed E-state index contributed by atoms with van der Waals surface area (Å²) in [5, 5.41) is 24.5. The number of fused-ring (bicyclic) bond motifs is 1. The van der Waals surface area contributed by atoms with Crippen LogP contribution in [0.4, 0.5) is 13.2 Å². The first-order valence-electron chi connectivity index (χ1n) is 7.29. The molecule has 1 aromatic carbocycles. The predicted octanol–water partition coefficient (Wildman–Crippen LogP) is 3.94. The van der Waals surface area contributed by atoms with E-state index in [1.54, 1.807) is 31.2 Å². The Labute approximate surface area is 140 Å². The summed E-state index contributed by atoms with van der Waals surface area (Å²) in [6.07, 6.45) is -4.76. The van der Waals surface area contributed by atoms with Crippen molar-refractivity contribution in [2.24, 2.45) is 4.99 Å². The number of aromatic amines is 1. The number of hydrogen-bond acceptors (Lipinski definition) is 4. The third-order valence-electron chi connectivity index (χ3n) is 4.13. The van der Waals surface area contributed by atoms with Crippen LogP contribution in [0.15, 0.2) is 40.0 Å². The summed E-state index contributed by atoms with van der Waals surface area (Å²) >= 11 is 0. The minimum atomic E-state index is -4.76. The maximum absolute atomic E-state index is 13.3. The van der Waals surface area contributed by atoms with E-state index in [-0.39, 0.29) is 11.3 Å². The lowest BCUT2D eigenvalue weighted by Crippen LogP contribution is -2.24. The smallest absolute Gasteiger partial charge is 0.282 e. The van der Waals surface area contributed by atoms with Crippen molar-refractivity contribution >= 4 is 22.5 Å². The van der Waals surface area contributed by atoms with E-state index in [0.717, 1.165) is 11.1 Å². The Hall–Kier alpha value is -3.17. The van der Waals surface area contributed by atoms with E-state index >= 15 is 0 Å². The zero-order valence-electron chi connectivity index (χ0n) is 13.3. The number of nitriles is 1. The summed E-state index contributed by atoms with van der Waals surface area (Å²) in [7, 11) is 0. The third-order valence-corrected chi connectivity index (χ3v) is 4.13. The molecule has 1 aromatic heterocycles. The van der Waals surface area contributed by atoms with Crippen LogP contribution in [0.5, 0.6) is 0 Å². The van der Waals surface area contributed by atoms with Gasteiger partial charge in [0.05, 0.1) is 28.8 Å². The van der Waals surface area contributed by atoms with Crippen LogP contribution in [0.1, 0.15) is 24.1 Å². The van der Waals surface area contributed by atoms with Crippen molar-refractivity contribution in [2.75, 3.05) is 0 Å². The third kappa shape index (κ3) is 2.65.